The Balaban J connectivity index is 1.65. The van der Waals surface area contributed by atoms with Crippen LogP contribution in [-0.2, 0) is 10.3 Å². The highest BCUT2D eigenvalue weighted by atomic mass is 16.5. The maximum Gasteiger partial charge on any atom is 0.325 e. The van der Waals surface area contributed by atoms with Crippen LogP contribution in [0.25, 0.3) is 0 Å². The zero-order valence-electron chi connectivity index (χ0n) is 17.1. The molecular formula is C25H22N2O4. The summed E-state index contributed by atoms with van der Waals surface area (Å²) < 4.78 is 5.39. The molecule has 6 heteroatoms. The van der Waals surface area contributed by atoms with E-state index in [0.717, 1.165) is 4.90 Å². The number of urea groups is 1. The zero-order chi connectivity index (χ0) is 21.8. The maximum atomic E-state index is 13.6. The highest BCUT2D eigenvalue weighted by Gasteiger charge is 2.53. The average Bonchev–Trinajstić information content (AvgIpc) is 3.06. The predicted molar refractivity (Wildman–Crippen MR) is 116 cm³/mol. The highest BCUT2D eigenvalue weighted by molar-refractivity contribution is 6.13. The molecule has 0 aromatic heterocycles. The lowest BCUT2D eigenvalue weighted by molar-refractivity contribution is -0.129. The molecule has 0 bridgehead atoms. The molecule has 0 spiro atoms. The molecule has 0 unspecified atom stereocenters. The number of Topliss-reactive ketones (excluding diaryl/α,β-unsaturated/α-hetero) is 1. The van der Waals surface area contributed by atoms with Crippen LogP contribution in [0.3, 0.4) is 0 Å². The quantitative estimate of drug-likeness (QED) is 0.472. The number of ether oxygens (including phenoxy) is 1. The Bertz CT molecular complexity index is 1060. The Morgan fingerprint density at radius 1 is 0.871 bits per heavy atom. The number of rotatable bonds is 7. The molecule has 31 heavy (non-hydrogen) atoms. The summed E-state index contributed by atoms with van der Waals surface area (Å²) in [5.41, 5.74) is 0.297. The van der Waals surface area contributed by atoms with E-state index in [1.54, 1.807) is 48.5 Å². The third kappa shape index (κ3) is 3.68. The van der Waals surface area contributed by atoms with Gasteiger partial charge < -0.3 is 10.1 Å². The average molecular weight is 414 g/mol. The fourth-order valence-corrected chi connectivity index (χ4v) is 3.79. The lowest BCUT2D eigenvalue weighted by Gasteiger charge is -2.28. The lowest BCUT2D eigenvalue weighted by atomic mass is 9.82. The van der Waals surface area contributed by atoms with Gasteiger partial charge in [0.05, 0.1) is 13.2 Å². The van der Waals surface area contributed by atoms with Crippen molar-refractivity contribution in [3.63, 3.8) is 0 Å². The van der Waals surface area contributed by atoms with Crippen LogP contribution >= 0.6 is 0 Å². The molecule has 0 saturated carbocycles. The van der Waals surface area contributed by atoms with E-state index in [1.165, 1.54) is 0 Å². The van der Waals surface area contributed by atoms with Crippen molar-refractivity contribution in [2.24, 2.45) is 0 Å². The third-order valence-electron chi connectivity index (χ3n) is 5.31. The van der Waals surface area contributed by atoms with Crippen molar-refractivity contribution in [3.05, 3.63) is 102 Å². The van der Waals surface area contributed by atoms with E-state index < -0.39 is 17.5 Å². The second-order valence-electron chi connectivity index (χ2n) is 7.18. The van der Waals surface area contributed by atoms with Gasteiger partial charge in [-0.2, -0.15) is 0 Å². The van der Waals surface area contributed by atoms with Crippen molar-refractivity contribution in [1.29, 1.82) is 0 Å². The Morgan fingerprint density at radius 3 is 1.94 bits per heavy atom. The minimum Gasteiger partial charge on any atom is -0.494 e. The van der Waals surface area contributed by atoms with Crippen molar-refractivity contribution in [2.75, 3.05) is 13.2 Å². The van der Waals surface area contributed by atoms with Gasteiger partial charge in [-0.15, -0.1) is 0 Å². The first-order chi connectivity index (χ1) is 15.1. The molecule has 1 aliphatic rings. The Hall–Kier alpha value is -3.93. The SMILES string of the molecule is CCOc1ccc(C(=O)CN2C(=O)NC(c3ccccc3)(c3ccccc3)C2=O)cc1. The van der Waals surface area contributed by atoms with E-state index in [-0.39, 0.29) is 12.3 Å². The number of nitrogens with zero attached hydrogens (tertiary/aromatic N) is 1. The molecule has 3 amide bonds. The molecule has 1 heterocycles. The summed E-state index contributed by atoms with van der Waals surface area (Å²) in [5, 5.41) is 2.85. The van der Waals surface area contributed by atoms with Crippen LogP contribution in [0.2, 0.25) is 0 Å². The predicted octanol–water partition coefficient (Wildman–Crippen LogP) is 3.76. The molecule has 1 aliphatic heterocycles. The summed E-state index contributed by atoms with van der Waals surface area (Å²) in [6.07, 6.45) is 0. The third-order valence-corrected chi connectivity index (χ3v) is 5.31. The van der Waals surface area contributed by atoms with Gasteiger partial charge in [0.25, 0.3) is 5.91 Å². The number of amides is 3. The van der Waals surface area contributed by atoms with Crippen LogP contribution in [-0.4, -0.2) is 35.8 Å². The number of ketones is 1. The lowest BCUT2D eigenvalue weighted by Crippen LogP contribution is -2.45. The van der Waals surface area contributed by atoms with Crippen LogP contribution in [0.1, 0.15) is 28.4 Å². The summed E-state index contributed by atoms with van der Waals surface area (Å²) in [7, 11) is 0. The van der Waals surface area contributed by atoms with Crippen molar-refractivity contribution in [2.45, 2.75) is 12.5 Å². The van der Waals surface area contributed by atoms with Crippen molar-refractivity contribution in [1.82, 2.24) is 10.2 Å². The van der Waals surface area contributed by atoms with Gasteiger partial charge in [-0.05, 0) is 42.3 Å². The van der Waals surface area contributed by atoms with Gasteiger partial charge in [-0.25, -0.2) is 4.79 Å². The number of hydrogen-bond acceptors (Lipinski definition) is 4. The van der Waals surface area contributed by atoms with Gasteiger partial charge in [0.15, 0.2) is 11.3 Å². The van der Waals surface area contributed by atoms with Crippen LogP contribution in [0, 0.1) is 0 Å². The van der Waals surface area contributed by atoms with Gasteiger partial charge in [0.2, 0.25) is 0 Å². The second-order valence-corrected chi connectivity index (χ2v) is 7.18. The standard InChI is InChI=1S/C25H22N2O4/c1-2-31-21-15-13-18(14-16-21)22(28)17-27-23(29)25(26-24(27)30,19-9-5-3-6-10-19)20-11-7-4-8-12-20/h3-16H,2,17H2,1H3,(H,26,30). The van der Waals surface area contributed by atoms with Crippen LogP contribution in [0.5, 0.6) is 5.75 Å². The normalized spacial score (nSPS) is 14.9. The van der Waals surface area contributed by atoms with E-state index >= 15 is 0 Å². The Kier molecular flexibility index (Phi) is 5.54. The first-order valence-electron chi connectivity index (χ1n) is 10.1. The van der Waals surface area contributed by atoms with Crippen molar-refractivity contribution >= 4 is 17.7 Å². The summed E-state index contributed by atoms with van der Waals surface area (Å²) in [5.74, 6) is -0.154. The molecule has 0 aliphatic carbocycles. The van der Waals surface area contributed by atoms with E-state index in [4.69, 9.17) is 4.74 Å². The monoisotopic (exact) mass is 414 g/mol. The number of carbonyl (C=O) groups excluding carboxylic acids is 3. The largest absolute Gasteiger partial charge is 0.494 e. The second kappa shape index (κ2) is 8.44. The molecule has 4 rings (SSSR count). The fourth-order valence-electron chi connectivity index (χ4n) is 3.79. The topological polar surface area (TPSA) is 75.7 Å². The van der Waals surface area contributed by atoms with Gasteiger partial charge in [0.1, 0.15) is 5.75 Å². The maximum absolute atomic E-state index is 13.6. The molecule has 0 radical (unpaired) electrons. The number of nitrogens with one attached hydrogen (secondary N) is 1. The molecular weight excluding hydrogens is 392 g/mol. The molecule has 6 nitrogen and oxygen atoms in total. The Labute approximate surface area is 180 Å². The van der Waals surface area contributed by atoms with Gasteiger partial charge in [0, 0.05) is 5.56 Å². The van der Waals surface area contributed by atoms with E-state index in [1.807, 2.05) is 43.3 Å². The number of imide groups is 1. The summed E-state index contributed by atoms with van der Waals surface area (Å²) >= 11 is 0. The van der Waals surface area contributed by atoms with Crippen molar-refractivity contribution in [3.8, 4) is 5.75 Å². The molecule has 1 saturated heterocycles. The fraction of sp³-hybridized carbons (Fsp3) is 0.160. The molecule has 1 fully saturated rings. The Morgan fingerprint density at radius 2 is 1.42 bits per heavy atom. The molecule has 3 aromatic rings. The van der Waals surface area contributed by atoms with Gasteiger partial charge in [-0.1, -0.05) is 60.7 Å². The smallest absolute Gasteiger partial charge is 0.325 e. The summed E-state index contributed by atoms with van der Waals surface area (Å²) in [6.45, 7) is 2.05. The van der Waals surface area contributed by atoms with E-state index in [9.17, 15) is 14.4 Å². The van der Waals surface area contributed by atoms with Crippen LogP contribution in [0.4, 0.5) is 4.79 Å². The number of hydrogen-bond donors (Lipinski definition) is 1. The summed E-state index contributed by atoms with van der Waals surface area (Å²) in [6, 6.07) is 24.2. The molecule has 3 aromatic carbocycles. The zero-order valence-corrected chi connectivity index (χ0v) is 17.1. The van der Waals surface area contributed by atoms with Crippen LogP contribution in [0.15, 0.2) is 84.9 Å². The molecule has 1 N–H and O–H groups in total. The minimum absolute atomic E-state index is 0.330. The minimum atomic E-state index is -1.38. The molecule has 0 atom stereocenters. The van der Waals surface area contributed by atoms with E-state index in [0.29, 0.717) is 29.0 Å². The van der Waals surface area contributed by atoms with Gasteiger partial charge in [-0.3, -0.25) is 14.5 Å². The first-order valence-corrected chi connectivity index (χ1v) is 10.1. The van der Waals surface area contributed by atoms with E-state index in [2.05, 4.69) is 5.32 Å². The number of carbonyl (C=O) groups is 3. The summed E-state index contributed by atoms with van der Waals surface area (Å²) in [4.78, 5) is 40.3. The van der Waals surface area contributed by atoms with Crippen LogP contribution < -0.4 is 10.1 Å². The van der Waals surface area contributed by atoms with Crippen molar-refractivity contribution < 1.29 is 19.1 Å². The first kappa shape index (κ1) is 20.3. The molecule has 156 valence electrons. The van der Waals surface area contributed by atoms with Gasteiger partial charge >= 0.3 is 6.03 Å². The number of benzene rings is 3. The highest BCUT2D eigenvalue weighted by Crippen LogP contribution is 2.36.